The van der Waals surface area contributed by atoms with Crippen LogP contribution in [0.2, 0.25) is 0 Å². The molecule has 0 fully saturated rings. The number of para-hydroxylation sites is 2. The van der Waals surface area contributed by atoms with E-state index >= 15 is 0 Å². The molecule has 126 valence electrons. The Hall–Kier alpha value is -3.07. The molecule has 0 atom stereocenters. The van der Waals surface area contributed by atoms with Crippen LogP contribution in [0.25, 0.3) is 0 Å². The summed E-state index contributed by atoms with van der Waals surface area (Å²) in [6.07, 6.45) is 0.768. The van der Waals surface area contributed by atoms with Crippen molar-refractivity contribution in [2.45, 2.75) is 13.3 Å². The number of ether oxygens (including phenoxy) is 1. The number of benzene rings is 3. The Morgan fingerprint density at radius 2 is 1.56 bits per heavy atom. The number of rotatable bonds is 6. The predicted molar refractivity (Wildman–Crippen MR) is 101 cm³/mol. The van der Waals surface area contributed by atoms with Gasteiger partial charge in [-0.1, -0.05) is 60.7 Å². The largest absolute Gasteiger partial charge is 0.493 e. The summed E-state index contributed by atoms with van der Waals surface area (Å²) >= 11 is 0. The topological polar surface area (TPSA) is 38.3 Å². The van der Waals surface area contributed by atoms with Crippen molar-refractivity contribution in [1.29, 1.82) is 0 Å². The molecular formula is C22H21NO2. The molecule has 0 unspecified atom stereocenters. The highest BCUT2D eigenvalue weighted by atomic mass is 16.5. The molecule has 3 aromatic carbocycles. The summed E-state index contributed by atoms with van der Waals surface area (Å²) in [4.78, 5) is 12.7. The normalized spacial score (nSPS) is 10.3. The van der Waals surface area contributed by atoms with E-state index in [9.17, 15) is 4.79 Å². The van der Waals surface area contributed by atoms with Gasteiger partial charge in [-0.05, 0) is 42.7 Å². The van der Waals surface area contributed by atoms with E-state index in [0.717, 1.165) is 17.7 Å². The Kier molecular flexibility index (Phi) is 5.47. The van der Waals surface area contributed by atoms with Crippen molar-refractivity contribution in [3.05, 3.63) is 95.6 Å². The fourth-order valence-corrected chi connectivity index (χ4v) is 2.74. The molecule has 0 bridgehead atoms. The molecule has 1 amide bonds. The number of hydrogen-bond donors (Lipinski definition) is 1. The van der Waals surface area contributed by atoms with Gasteiger partial charge in [0.2, 0.25) is 0 Å². The molecule has 3 rings (SSSR count). The molecule has 3 heteroatoms. The first-order valence-corrected chi connectivity index (χ1v) is 8.43. The molecule has 3 nitrogen and oxygen atoms in total. The monoisotopic (exact) mass is 331 g/mol. The second-order valence-electron chi connectivity index (χ2n) is 5.70. The maximum absolute atomic E-state index is 12.7. The van der Waals surface area contributed by atoms with Crippen LogP contribution < -0.4 is 10.1 Å². The summed E-state index contributed by atoms with van der Waals surface area (Å²) in [6.45, 7) is 2.43. The lowest BCUT2D eigenvalue weighted by atomic mass is 10.0. The molecule has 25 heavy (non-hydrogen) atoms. The Labute approximate surface area is 148 Å². The zero-order chi connectivity index (χ0) is 17.5. The van der Waals surface area contributed by atoms with Crippen molar-refractivity contribution in [1.82, 2.24) is 0 Å². The maximum atomic E-state index is 12.7. The van der Waals surface area contributed by atoms with E-state index in [2.05, 4.69) is 17.4 Å². The van der Waals surface area contributed by atoms with E-state index in [1.165, 1.54) is 5.56 Å². The van der Waals surface area contributed by atoms with Crippen LogP contribution in [0.4, 0.5) is 5.69 Å². The molecule has 0 aliphatic heterocycles. The molecule has 0 saturated carbocycles. The van der Waals surface area contributed by atoms with Gasteiger partial charge < -0.3 is 10.1 Å². The van der Waals surface area contributed by atoms with Gasteiger partial charge >= 0.3 is 0 Å². The number of anilines is 1. The Balaban J connectivity index is 1.83. The highest BCUT2D eigenvalue weighted by molar-refractivity contribution is 6.06. The van der Waals surface area contributed by atoms with Gasteiger partial charge in [0, 0.05) is 5.69 Å². The first kappa shape index (κ1) is 16.8. The summed E-state index contributed by atoms with van der Waals surface area (Å²) in [6, 6.07) is 25.4. The lowest BCUT2D eigenvalue weighted by Crippen LogP contribution is -2.15. The van der Waals surface area contributed by atoms with Gasteiger partial charge in [-0.3, -0.25) is 4.79 Å². The molecule has 0 spiro atoms. The third kappa shape index (κ3) is 4.27. The number of hydrogen-bond acceptors (Lipinski definition) is 2. The fraction of sp³-hybridized carbons (Fsp3) is 0.136. The van der Waals surface area contributed by atoms with E-state index < -0.39 is 0 Å². The van der Waals surface area contributed by atoms with Crippen molar-refractivity contribution < 1.29 is 9.53 Å². The zero-order valence-electron chi connectivity index (χ0n) is 14.2. The molecule has 0 aliphatic carbocycles. The zero-order valence-corrected chi connectivity index (χ0v) is 14.2. The molecule has 0 heterocycles. The average Bonchev–Trinajstić information content (AvgIpc) is 2.65. The molecule has 0 aromatic heterocycles. The SMILES string of the molecule is CCOc1ccccc1C(=O)Nc1ccccc1Cc1ccccc1. The van der Waals surface area contributed by atoms with Crippen LogP contribution in [-0.2, 0) is 6.42 Å². The van der Waals surface area contributed by atoms with E-state index in [0.29, 0.717) is 17.9 Å². The van der Waals surface area contributed by atoms with Gasteiger partial charge in [-0.15, -0.1) is 0 Å². The second-order valence-corrected chi connectivity index (χ2v) is 5.70. The molecule has 0 aliphatic rings. The van der Waals surface area contributed by atoms with Gasteiger partial charge in [0.05, 0.1) is 12.2 Å². The number of carbonyl (C=O) groups excluding carboxylic acids is 1. The van der Waals surface area contributed by atoms with Crippen LogP contribution in [0.3, 0.4) is 0 Å². The van der Waals surface area contributed by atoms with Crippen LogP contribution in [0.5, 0.6) is 5.75 Å². The highest BCUT2D eigenvalue weighted by Gasteiger charge is 2.13. The Morgan fingerprint density at radius 1 is 0.880 bits per heavy atom. The van der Waals surface area contributed by atoms with Crippen molar-refractivity contribution in [3.63, 3.8) is 0 Å². The summed E-state index contributed by atoms with van der Waals surface area (Å²) in [5, 5.41) is 3.03. The molecule has 0 saturated heterocycles. The van der Waals surface area contributed by atoms with Crippen molar-refractivity contribution >= 4 is 11.6 Å². The predicted octanol–water partition coefficient (Wildman–Crippen LogP) is 4.93. The van der Waals surface area contributed by atoms with Crippen LogP contribution >= 0.6 is 0 Å². The van der Waals surface area contributed by atoms with Gasteiger partial charge in [-0.2, -0.15) is 0 Å². The smallest absolute Gasteiger partial charge is 0.259 e. The first-order valence-electron chi connectivity index (χ1n) is 8.43. The molecule has 3 aromatic rings. The average molecular weight is 331 g/mol. The van der Waals surface area contributed by atoms with E-state index in [4.69, 9.17) is 4.74 Å². The van der Waals surface area contributed by atoms with Gasteiger partial charge in [0.1, 0.15) is 5.75 Å². The summed E-state index contributed by atoms with van der Waals surface area (Å²) in [7, 11) is 0. The van der Waals surface area contributed by atoms with Crippen LogP contribution in [0.15, 0.2) is 78.9 Å². The molecular weight excluding hydrogens is 310 g/mol. The Bertz CT molecular complexity index is 843. The minimum atomic E-state index is -0.162. The van der Waals surface area contributed by atoms with Crippen molar-refractivity contribution in [2.24, 2.45) is 0 Å². The van der Waals surface area contributed by atoms with Gasteiger partial charge in [0.15, 0.2) is 0 Å². The number of amides is 1. The molecule has 0 radical (unpaired) electrons. The lowest BCUT2D eigenvalue weighted by molar-refractivity contribution is 0.102. The van der Waals surface area contributed by atoms with Crippen LogP contribution in [-0.4, -0.2) is 12.5 Å². The van der Waals surface area contributed by atoms with E-state index in [-0.39, 0.29) is 5.91 Å². The van der Waals surface area contributed by atoms with Crippen molar-refractivity contribution in [2.75, 3.05) is 11.9 Å². The third-order valence-electron chi connectivity index (χ3n) is 3.93. The summed E-state index contributed by atoms with van der Waals surface area (Å²) in [5.74, 6) is 0.438. The minimum absolute atomic E-state index is 0.162. The van der Waals surface area contributed by atoms with E-state index in [1.54, 1.807) is 6.07 Å². The third-order valence-corrected chi connectivity index (χ3v) is 3.93. The van der Waals surface area contributed by atoms with Crippen LogP contribution in [0, 0.1) is 0 Å². The van der Waals surface area contributed by atoms with Gasteiger partial charge in [-0.25, -0.2) is 0 Å². The summed E-state index contributed by atoms with van der Waals surface area (Å²) < 4.78 is 5.56. The maximum Gasteiger partial charge on any atom is 0.259 e. The van der Waals surface area contributed by atoms with Crippen LogP contribution in [0.1, 0.15) is 28.4 Å². The highest BCUT2D eigenvalue weighted by Crippen LogP contribution is 2.23. The Morgan fingerprint density at radius 3 is 2.36 bits per heavy atom. The second kappa shape index (κ2) is 8.15. The quantitative estimate of drug-likeness (QED) is 0.695. The number of carbonyl (C=O) groups is 1. The molecule has 1 N–H and O–H groups in total. The first-order chi connectivity index (χ1) is 12.3. The van der Waals surface area contributed by atoms with Gasteiger partial charge in [0.25, 0.3) is 5.91 Å². The van der Waals surface area contributed by atoms with E-state index in [1.807, 2.05) is 67.6 Å². The summed E-state index contributed by atoms with van der Waals surface area (Å²) in [5.41, 5.74) is 3.65. The standard InChI is InChI=1S/C22H21NO2/c1-2-25-21-15-9-7-13-19(21)22(24)23-20-14-8-6-12-18(20)16-17-10-4-3-5-11-17/h3-15H,2,16H2,1H3,(H,23,24). The number of nitrogens with one attached hydrogen (secondary N) is 1. The van der Waals surface area contributed by atoms with Crippen molar-refractivity contribution in [3.8, 4) is 5.75 Å². The minimum Gasteiger partial charge on any atom is -0.493 e. The fourth-order valence-electron chi connectivity index (χ4n) is 2.74. The lowest BCUT2D eigenvalue weighted by Gasteiger charge is -2.13.